The van der Waals surface area contributed by atoms with Crippen molar-refractivity contribution in [2.45, 2.75) is 70.1 Å². The highest BCUT2D eigenvalue weighted by molar-refractivity contribution is 5.75. The van der Waals surface area contributed by atoms with Crippen molar-refractivity contribution >= 4 is 5.97 Å². The van der Waals surface area contributed by atoms with Crippen LogP contribution in [0.25, 0.3) is 0 Å². The maximum atomic E-state index is 14.3. The van der Waals surface area contributed by atoms with Gasteiger partial charge in [0, 0.05) is 0 Å². The fourth-order valence-corrected chi connectivity index (χ4v) is 5.64. The highest BCUT2D eigenvalue weighted by atomic mass is 19.2. The van der Waals surface area contributed by atoms with Gasteiger partial charge in [0.1, 0.15) is 6.67 Å². The lowest BCUT2D eigenvalue weighted by Gasteiger charge is -2.29. The van der Waals surface area contributed by atoms with Crippen LogP contribution in [0, 0.1) is 23.5 Å². The molecule has 3 nitrogen and oxygen atoms in total. The van der Waals surface area contributed by atoms with Crippen molar-refractivity contribution in [3.63, 3.8) is 0 Å². The summed E-state index contributed by atoms with van der Waals surface area (Å²) in [5, 5.41) is 0. The topological polar surface area (TPSA) is 35.5 Å². The Bertz CT molecular complexity index is 1030. The lowest BCUT2D eigenvalue weighted by molar-refractivity contribution is -0.140. The number of hydrogen-bond acceptors (Lipinski definition) is 3. The maximum Gasteiger partial charge on any atom is 0.314 e. The lowest BCUT2D eigenvalue weighted by Crippen LogP contribution is -2.25. The molecule has 2 aliphatic rings. The molecule has 0 atom stereocenters. The Kier molecular flexibility index (Phi) is 9.11. The second-order valence-corrected chi connectivity index (χ2v) is 9.95. The number of rotatable bonds is 8. The Morgan fingerprint density at radius 3 is 1.92 bits per heavy atom. The zero-order valence-corrected chi connectivity index (χ0v) is 20.9. The van der Waals surface area contributed by atoms with Gasteiger partial charge >= 0.3 is 5.97 Å². The SMILES string of the molecule is CCOc1ccc(OC(=O)C2CCC(c3ccc(C4CCC(C=CCF)CC4)cc3)CC2)c(F)c1F. The van der Waals surface area contributed by atoms with Crippen LogP contribution in [0.1, 0.15) is 81.3 Å². The van der Waals surface area contributed by atoms with Crippen LogP contribution in [0.3, 0.4) is 0 Å². The van der Waals surface area contributed by atoms with E-state index in [1.165, 1.54) is 23.3 Å². The summed E-state index contributed by atoms with van der Waals surface area (Å²) in [6.45, 7) is 1.51. The average molecular weight is 501 g/mol. The van der Waals surface area contributed by atoms with Crippen LogP contribution in [0.4, 0.5) is 13.2 Å². The molecule has 0 bridgehead atoms. The molecule has 0 aliphatic heterocycles. The molecular formula is C30H35F3O3. The molecule has 0 amide bonds. The van der Waals surface area contributed by atoms with Crippen molar-refractivity contribution in [2.24, 2.45) is 11.8 Å². The van der Waals surface area contributed by atoms with Crippen molar-refractivity contribution in [1.29, 1.82) is 0 Å². The molecule has 36 heavy (non-hydrogen) atoms. The van der Waals surface area contributed by atoms with E-state index in [-0.39, 0.29) is 24.9 Å². The zero-order chi connectivity index (χ0) is 25.5. The molecule has 2 aromatic rings. The summed E-state index contributed by atoms with van der Waals surface area (Å²) in [4.78, 5) is 12.6. The first-order chi connectivity index (χ1) is 17.5. The van der Waals surface area contributed by atoms with Crippen LogP contribution in [0.15, 0.2) is 48.6 Å². The second kappa shape index (κ2) is 12.5. The minimum Gasteiger partial charge on any atom is -0.491 e. The largest absolute Gasteiger partial charge is 0.491 e. The van der Waals surface area contributed by atoms with Crippen LogP contribution in [-0.4, -0.2) is 19.3 Å². The van der Waals surface area contributed by atoms with Crippen molar-refractivity contribution in [3.05, 3.63) is 71.3 Å². The minimum absolute atomic E-state index is 0.195. The van der Waals surface area contributed by atoms with Gasteiger partial charge in [-0.1, -0.05) is 36.4 Å². The third-order valence-electron chi connectivity index (χ3n) is 7.73. The molecule has 2 saturated carbocycles. The fraction of sp³-hybridized carbons (Fsp3) is 0.500. The van der Waals surface area contributed by atoms with Gasteiger partial charge < -0.3 is 9.47 Å². The van der Waals surface area contributed by atoms with Crippen LogP contribution < -0.4 is 9.47 Å². The first-order valence-electron chi connectivity index (χ1n) is 13.1. The normalized spacial score (nSPS) is 24.6. The van der Waals surface area contributed by atoms with E-state index in [0.29, 0.717) is 30.6 Å². The lowest BCUT2D eigenvalue weighted by atomic mass is 9.76. The Hall–Kier alpha value is -2.76. The molecule has 2 aromatic carbocycles. The number of benzene rings is 2. The third kappa shape index (κ3) is 6.32. The summed E-state index contributed by atoms with van der Waals surface area (Å²) in [6.07, 6.45) is 11.2. The van der Waals surface area contributed by atoms with Gasteiger partial charge in [-0.3, -0.25) is 4.79 Å². The average Bonchev–Trinajstić information content (AvgIpc) is 2.92. The van der Waals surface area contributed by atoms with Gasteiger partial charge in [0.05, 0.1) is 12.5 Å². The van der Waals surface area contributed by atoms with Gasteiger partial charge in [0.15, 0.2) is 11.5 Å². The molecule has 0 spiro atoms. The molecule has 0 radical (unpaired) electrons. The first kappa shape index (κ1) is 26.3. The predicted molar refractivity (Wildman–Crippen MR) is 134 cm³/mol. The molecule has 0 aromatic heterocycles. The van der Waals surface area contributed by atoms with Crippen molar-refractivity contribution in [1.82, 2.24) is 0 Å². The third-order valence-corrected chi connectivity index (χ3v) is 7.73. The van der Waals surface area contributed by atoms with E-state index in [1.54, 1.807) is 13.0 Å². The van der Waals surface area contributed by atoms with Gasteiger partial charge in [-0.25, -0.2) is 4.39 Å². The number of carbonyl (C=O) groups is 1. The van der Waals surface area contributed by atoms with E-state index in [2.05, 4.69) is 24.3 Å². The zero-order valence-electron chi connectivity index (χ0n) is 20.9. The van der Waals surface area contributed by atoms with E-state index >= 15 is 0 Å². The number of ether oxygens (including phenoxy) is 2. The molecular weight excluding hydrogens is 465 g/mol. The van der Waals surface area contributed by atoms with E-state index in [0.717, 1.165) is 38.5 Å². The second-order valence-electron chi connectivity index (χ2n) is 9.95. The minimum atomic E-state index is -1.20. The summed E-state index contributed by atoms with van der Waals surface area (Å²) in [6, 6.07) is 11.4. The number of allylic oxidation sites excluding steroid dienone is 2. The summed E-state index contributed by atoms with van der Waals surface area (Å²) in [7, 11) is 0. The molecule has 0 N–H and O–H groups in total. The van der Waals surface area contributed by atoms with E-state index in [4.69, 9.17) is 9.47 Å². The van der Waals surface area contributed by atoms with Crippen molar-refractivity contribution in [3.8, 4) is 11.5 Å². The molecule has 2 aliphatic carbocycles. The molecule has 4 rings (SSSR count). The fourth-order valence-electron chi connectivity index (χ4n) is 5.64. The Morgan fingerprint density at radius 1 is 0.833 bits per heavy atom. The summed E-state index contributed by atoms with van der Waals surface area (Å²) >= 11 is 0. The Labute approximate surface area is 211 Å². The van der Waals surface area contributed by atoms with Crippen LogP contribution in [0.5, 0.6) is 11.5 Å². The Morgan fingerprint density at radius 2 is 1.36 bits per heavy atom. The number of alkyl halides is 1. The van der Waals surface area contributed by atoms with Crippen molar-refractivity contribution < 1.29 is 27.4 Å². The van der Waals surface area contributed by atoms with Gasteiger partial charge in [-0.15, -0.1) is 0 Å². The number of hydrogen-bond donors (Lipinski definition) is 0. The highest BCUT2D eigenvalue weighted by Gasteiger charge is 2.30. The van der Waals surface area contributed by atoms with E-state index in [9.17, 15) is 18.0 Å². The first-order valence-corrected chi connectivity index (χ1v) is 13.1. The van der Waals surface area contributed by atoms with Crippen LogP contribution in [0.2, 0.25) is 0 Å². The summed E-state index contributed by atoms with van der Waals surface area (Å²) in [5.74, 6) is -2.33. The maximum absolute atomic E-state index is 14.3. The van der Waals surface area contributed by atoms with Crippen molar-refractivity contribution in [2.75, 3.05) is 13.3 Å². The van der Waals surface area contributed by atoms with Gasteiger partial charge in [-0.05, 0) is 99.3 Å². The quantitative estimate of drug-likeness (QED) is 0.209. The highest BCUT2D eigenvalue weighted by Crippen LogP contribution is 2.40. The monoisotopic (exact) mass is 500 g/mol. The predicted octanol–water partition coefficient (Wildman–Crippen LogP) is 8.04. The number of esters is 1. The van der Waals surface area contributed by atoms with E-state index in [1.807, 2.05) is 6.08 Å². The standard InChI is InChI=1S/C30H35F3O3/c1-2-35-26-17-18-27(29(33)28(26)32)36-30(34)25-15-13-24(14-16-25)23-11-9-22(10-12-23)21-7-5-20(6-8-21)4-3-19-31/h3-4,9-12,17-18,20-21,24-25H,2,5-8,13-16,19H2,1H3. The smallest absolute Gasteiger partial charge is 0.314 e. The number of halogens is 3. The van der Waals surface area contributed by atoms with Gasteiger partial charge in [0.2, 0.25) is 11.6 Å². The van der Waals surface area contributed by atoms with Gasteiger partial charge in [0.25, 0.3) is 0 Å². The summed E-state index contributed by atoms with van der Waals surface area (Å²) in [5.41, 5.74) is 2.65. The summed E-state index contributed by atoms with van der Waals surface area (Å²) < 4.78 is 51.0. The van der Waals surface area contributed by atoms with Crippen LogP contribution >= 0.6 is 0 Å². The Balaban J connectivity index is 1.27. The molecule has 0 saturated heterocycles. The number of carbonyl (C=O) groups excluding carboxylic acids is 1. The molecule has 0 unspecified atom stereocenters. The van der Waals surface area contributed by atoms with E-state index < -0.39 is 23.4 Å². The molecule has 194 valence electrons. The van der Waals surface area contributed by atoms with Crippen LogP contribution in [-0.2, 0) is 4.79 Å². The molecule has 2 fully saturated rings. The van der Waals surface area contributed by atoms with Gasteiger partial charge in [-0.2, -0.15) is 8.78 Å². The molecule has 0 heterocycles. The molecule has 6 heteroatoms.